The summed E-state index contributed by atoms with van der Waals surface area (Å²) in [5, 5.41) is 5.03. The zero-order valence-electron chi connectivity index (χ0n) is 22.6. The van der Waals surface area contributed by atoms with E-state index >= 15 is 0 Å². The maximum Gasteiger partial charge on any atom is 0.0273 e. The van der Waals surface area contributed by atoms with Crippen molar-refractivity contribution >= 4 is 21.5 Å². The van der Waals surface area contributed by atoms with Crippen molar-refractivity contribution in [2.75, 3.05) is 0 Å². The summed E-state index contributed by atoms with van der Waals surface area (Å²) in [7, 11) is 0. The molecule has 0 saturated carbocycles. The van der Waals surface area contributed by atoms with Gasteiger partial charge in [-0.3, -0.25) is 9.97 Å². The Morgan fingerprint density at radius 3 is 1.07 bits per heavy atom. The summed E-state index contributed by atoms with van der Waals surface area (Å²) in [5.41, 5.74) is 12.3. The van der Waals surface area contributed by atoms with E-state index in [0.29, 0.717) is 0 Å². The summed E-state index contributed by atoms with van der Waals surface area (Å²) in [6, 6.07) is 39.7. The van der Waals surface area contributed by atoms with E-state index in [4.69, 9.17) is 0 Å². The highest BCUT2D eigenvalue weighted by molar-refractivity contribution is 6.21. The molecular formula is C38H28N2. The number of aryl methyl sites for hydroxylation is 2. The number of hydrogen-bond donors (Lipinski definition) is 0. The molecule has 0 bridgehead atoms. The fraction of sp³-hybridized carbons (Fsp3) is 0.0526. The van der Waals surface area contributed by atoms with Gasteiger partial charge in [-0.25, -0.2) is 0 Å². The van der Waals surface area contributed by atoms with Crippen LogP contribution in [0.4, 0.5) is 0 Å². The lowest BCUT2D eigenvalue weighted by Gasteiger charge is -2.19. The van der Waals surface area contributed by atoms with Crippen molar-refractivity contribution in [2.24, 2.45) is 0 Å². The van der Waals surface area contributed by atoms with E-state index < -0.39 is 0 Å². The van der Waals surface area contributed by atoms with Crippen LogP contribution >= 0.6 is 0 Å². The molecule has 0 amide bonds. The minimum absolute atomic E-state index is 1.18. The monoisotopic (exact) mass is 512 g/mol. The highest BCUT2D eigenvalue weighted by atomic mass is 14.6. The summed E-state index contributed by atoms with van der Waals surface area (Å²) in [4.78, 5) is 8.46. The van der Waals surface area contributed by atoms with Gasteiger partial charge in [0, 0.05) is 24.8 Å². The van der Waals surface area contributed by atoms with E-state index in [-0.39, 0.29) is 0 Å². The van der Waals surface area contributed by atoms with Crippen LogP contribution in [0.25, 0.3) is 66.1 Å². The molecule has 0 aliphatic carbocycles. The molecule has 7 rings (SSSR count). The molecule has 7 aromatic rings. The molecular weight excluding hydrogens is 484 g/mol. The third-order valence-electron chi connectivity index (χ3n) is 7.97. The molecule has 0 radical (unpaired) electrons. The number of aromatic nitrogens is 2. The lowest BCUT2D eigenvalue weighted by atomic mass is 9.84. The van der Waals surface area contributed by atoms with Gasteiger partial charge in [-0.1, -0.05) is 72.8 Å². The van der Waals surface area contributed by atoms with Crippen molar-refractivity contribution in [3.8, 4) is 44.5 Å². The molecule has 40 heavy (non-hydrogen) atoms. The number of rotatable bonds is 4. The molecule has 0 spiro atoms. The summed E-state index contributed by atoms with van der Waals surface area (Å²) in [6.07, 6.45) is 7.46. The van der Waals surface area contributed by atoms with E-state index in [9.17, 15) is 0 Å². The fourth-order valence-electron chi connectivity index (χ4n) is 5.99. The first-order valence-electron chi connectivity index (χ1n) is 13.7. The van der Waals surface area contributed by atoms with E-state index in [1.54, 1.807) is 0 Å². The van der Waals surface area contributed by atoms with Crippen LogP contribution in [-0.2, 0) is 0 Å². The molecule has 2 heterocycles. The molecule has 0 fully saturated rings. The van der Waals surface area contributed by atoms with E-state index in [1.165, 1.54) is 77.2 Å². The lowest BCUT2D eigenvalue weighted by molar-refractivity contribution is 1.32. The average molecular weight is 513 g/mol. The van der Waals surface area contributed by atoms with Gasteiger partial charge in [-0.15, -0.1) is 0 Å². The van der Waals surface area contributed by atoms with Crippen LogP contribution in [-0.4, -0.2) is 9.97 Å². The maximum atomic E-state index is 4.23. The number of nitrogens with zero attached hydrogens (tertiary/aromatic N) is 2. The first-order chi connectivity index (χ1) is 19.7. The second-order valence-corrected chi connectivity index (χ2v) is 10.4. The van der Waals surface area contributed by atoms with Gasteiger partial charge >= 0.3 is 0 Å². The molecule has 2 heteroatoms. The van der Waals surface area contributed by atoms with Crippen LogP contribution in [0.2, 0.25) is 0 Å². The van der Waals surface area contributed by atoms with E-state index in [2.05, 4.69) is 133 Å². The first-order valence-corrected chi connectivity index (χ1v) is 13.7. The van der Waals surface area contributed by atoms with Crippen LogP contribution < -0.4 is 0 Å². The van der Waals surface area contributed by atoms with Gasteiger partial charge in [0.15, 0.2) is 0 Å². The van der Waals surface area contributed by atoms with E-state index in [1.807, 2.05) is 24.8 Å². The molecule has 0 saturated heterocycles. The fourth-order valence-corrected chi connectivity index (χ4v) is 5.99. The van der Waals surface area contributed by atoms with Gasteiger partial charge < -0.3 is 0 Å². The predicted octanol–water partition coefficient (Wildman–Crippen LogP) is 10.1. The number of benzene rings is 5. The normalized spacial score (nSPS) is 11.2. The van der Waals surface area contributed by atoms with Crippen LogP contribution in [0.1, 0.15) is 11.1 Å². The Labute approximate surface area is 234 Å². The highest BCUT2D eigenvalue weighted by Crippen LogP contribution is 2.45. The lowest BCUT2D eigenvalue weighted by Crippen LogP contribution is -1.93. The Morgan fingerprint density at radius 2 is 0.725 bits per heavy atom. The van der Waals surface area contributed by atoms with Crippen LogP contribution in [0.3, 0.4) is 0 Å². The second kappa shape index (κ2) is 9.91. The summed E-state index contributed by atoms with van der Waals surface area (Å²) >= 11 is 0. The summed E-state index contributed by atoms with van der Waals surface area (Å²) < 4.78 is 0. The summed E-state index contributed by atoms with van der Waals surface area (Å²) in [5.74, 6) is 0. The molecule has 5 aromatic carbocycles. The highest BCUT2D eigenvalue weighted by Gasteiger charge is 2.18. The molecule has 0 aliphatic heterocycles. The van der Waals surface area contributed by atoms with Gasteiger partial charge in [0.2, 0.25) is 0 Å². The largest absolute Gasteiger partial charge is 0.265 e. The van der Waals surface area contributed by atoms with Gasteiger partial charge in [0.1, 0.15) is 0 Å². The van der Waals surface area contributed by atoms with E-state index in [0.717, 1.165) is 0 Å². The van der Waals surface area contributed by atoms with Crippen molar-refractivity contribution in [1.82, 2.24) is 9.97 Å². The van der Waals surface area contributed by atoms with Gasteiger partial charge in [-0.05, 0) is 127 Å². The Balaban J connectivity index is 1.53. The Hall–Kier alpha value is -5.08. The zero-order valence-corrected chi connectivity index (χ0v) is 22.6. The third-order valence-corrected chi connectivity index (χ3v) is 7.97. The Bertz CT molecular complexity index is 1800. The van der Waals surface area contributed by atoms with Crippen molar-refractivity contribution in [1.29, 1.82) is 0 Å². The minimum atomic E-state index is 1.18. The Kier molecular flexibility index (Phi) is 5.94. The molecule has 2 nitrogen and oxygen atoms in total. The van der Waals surface area contributed by atoms with Crippen molar-refractivity contribution in [2.45, 2.75) is 13.8 Å². The quantitative estimate of drug-likeness (QED) is 0.219. The smallest absolute Gasteiger partial charge is 0.0273 e. The van der Waals surface area contributed by atoms with Crippen molar-refractivity contribution in [3.05, 3.63) is 145 Å². The van der Waals surface area contributed by atoms with Gasteiger partial charge in [-0.2, -0.15) is 0 Å². The topological polar surface area (TPSA) is 25.8 Å². The summed E-state index contributed by atoms with van der Waals surface area (Å²) in [6.45, 7) is 4.35. The molecule has 190 valence electrons. The first kappa shape index (κ1) is 24.0. The van der Waals surface area contributed by atoms with Crippen molar-refractivity contribution < 1.29 is 0 Å². The van der Waals surface area contributed by atoms with Crippen LogP contribution in [0, 0.1) is 13.8 Å². The molecule has 0 unspecified atom stereocenters. The SMILES string of the molecule is Cc1ccc(-c2c3ccccc3c(-c3ccc(C)c(-c4ccncc4)c3)c3ccccc23)cc1-c1ccncc1. The minimum Gasteiger partial charge on any atom is -0.265 e. The second-order valence-electron chi connectivity index (χ2n) is 10.4. The van der Waals surface area contributed by atoms with Crippen LogP contribution in [0.15, 0.2) is 134 Å². The average Bonchev–Trinajstić information content (AvgIpc) is 3.01. The molecule has 2 aromatic heterocycles. The number of pyridine rings is 2. The zero-order chi connectivity index (χ0) is 27.1. The predicted molar refractivity (Wildman–Crippen MR) is 168 cm³/mol. The standard InChI is InChI=1S/C38H28N2/c1-25-11-13-29(23-35(25)27-15-19-39-20-16-27)37-31-7-3-5-9-33(31)38(34-10-6-4-8-32(34)37)30-14-12-26(2)36(24-30)28-17-21-40-22-18-28/h3-24H,1-2H3. The van der Waals surface area contributed by atoms with Crippen molar-refractivity contribution in [3.63, 3.8) is 0 Å². The van der Waals surface area contributed by atoms with Crippen LogP contribution in [0.5, 0.6) is 0 Å². The number of fused-ring (bicyclic) bond motifs is 2. The number of hydrogen-bond acceptors (Lipinski definition) is 2. The molecule has 0 N–H and O–H groups in total. The van der Waals surface area contributed by atoms with Gasteiger partial charge in [0.25, 0.3) is 0 Å². The molecule has 0 atom stereocenters. The van der Waals surface area contributed by atoms with Gasteiger partial charge in [0.05, 0.1) is 0 Å². The Morgan fingerprint density at radius 1 is 0.375 bits per heavy atom. The third kappa shape index (κ3) is 4.06. The maximum absolute atomic E-state index is 4.23. The molecule has 0 aliphatic rings.